The SMILES string of the molecule is CSc1c(-c2ccc(O)cc2)oc2ccc(C(C)(C)C)cc12. The van der Waals surface area contributed by atoms with E-state index in [1.54, 1.807) is 23.9 Å². The molecule has 0 aliphatic carbocycles. The summed E-state index contributed by atoms with van der Waals surface area (Å²) < 4.78 is 6.08. The highest BCUT2D eigenvalue weighted by molar-refractivity contribution is 7.99. The van der Waals surface area contributed by atoms with Crippen LogP contribution in [0.3, 0.4) is 0 Å². The number of phenols is 1. The van der Waals surface area contributed by atoms with E-state index in [1.165, 1.54) is 5.56 Å². The number of hydrogen-bond acceptors (Lipinski definition) is 3. The van der Waals surface area contributed by atoms with Crippen LogP contribution in [-0.4, -0.2) is 11.4 Å². The maximum Gasteiger partial charge on any atom is 0.148 e. The van der Waals surface area contributed by atoms with Crippen molar-refractivity contribution in [2.45, 2.75) is 31.1 Å². The van der Waals surface area contributed by atoms with Crippen molar-refractivity contribution in [3.8, 4) is 17.1 Å². The number of fused-ring (bicyclic) bond motifs is 1. The lowest BCUT2D eigenvalue weighted by molar-refractivity contribution is 0.475. The van der Waals surface area contributed by atoms with Crippen LogP contribution in [0.15, 0.2) is 51.8 Å². The van der Waals surface area contributed by atoms with E-state index in [-0.39, 0.29) is 11.2 Å². The van der Waals surface area contributed by atoms with Crippen LogP contribution < -0.4 is 0 Å². The Kier molecular flexibility index (Phi) is 3.69. The molecule has 0 aliphatic heterocycles. The molecule has 0 aliphatic rings. The largest absolute Gasteiger partial charge is 0.508 e. The first kappa shape index (κ1) is 15.0. The molecule has 1 N–H and O–H groups in total. The number of furan rings is 1. The van der Waals surface area contributed by atoms with Crippen molar-refractivity contribution in [1.29, 1.82) is 0 Å². The minimum Gasteiger partial charge on any atom is -0.508 e. The minimum absolute atomic E-state index is 0.111. The first-order valence-electron chi connectivity index (χ1n) is 7.30. The van der Waals surface area contributed by atoms with Gasteiger partial charge in [0.2, 0.25) is 0 Å². The van der Waals surface area contributed by atoms with Crippen LogP contribution in [0.4, 0.5) is 0 Å². The third kappa shape index (κ3) is 2.61. The molecule has 0 amide bonds. The van der Waals surface area contributed by atoms with E-state index in [0.717, 1.165) is 27.2 Å². The molecule has 0 bridgehead atoms. The first-order valence-corrected chi connectivity index (χ1v) is 8.53. The number of aromatic hydroxyl groups is 1. The highest BCUT2D eigenvalue weighted by Crippen LogP contribution is 2.41. The molecule has 0 fully saturated rings. The summed E-state index contributed by atoms with van der Waals surface area (Å²) in [4.78, 5) is 1.15. The van der Waals surface area contributed by atoms with Gasteiger partial charge in [-0.2, -0.15) is 0 Å². The fourth-order valence-corrected chi connectivity index (χ4v) is 3.27. The molecule has 1 heterocycles. The van der Waals surface area contributed by atoms with Gasteiger partial charge in [-0.05, 0) is 53.6 Å². The summed E-state index contributed by atoms with van der Waals surface area (Å²) in [7, 11) is 0. The molecule has 0 atom stereocenters. The van der Waals surface area contributed by atoms with Gasteiger partial charge in [0.05, 0.1) is 4.90 Å². The number of phenolic OH excluding ortho intramolecular Hbond substituents is 1. The van der Waals surface area contributed by atoms with Gasteiger partial charge in [0.15, 0.2) is 0 Å². The first-order chi connectivity index (χ1) is 10.4. The maximum atomic E-state index is 9.46. The maximum absolute atomic E-state index is 9.46. The summed E-state index contributed by atoms with van der Waals surface area (Å²) >= 11 is 1.69. The van der Waals surface area contributed by atoms with Crippen LogP contribution in [0.1, 0.15) is 26.3 Å². The molecule has 0 spiro atoms. The van der Waals surface area contributed by atoms with E-state index < -0.39 is 0 Å². The molecule has 3 rings (SSSR count). The van der Waals surface area contributed by atoms with Crippen molar-refractivity contribution in [3.63, 3.8) is 0 Å². The molecule has 3 heteroatoms. The van der Waals surface area contributed by atoms with Gasteiger partial charge in [0, 0.05) is 10.9 Å². The second-order valence-electron chi connectivity index (χ2n) is 6.47. The fraction of sp³-hybridized carbons (Fsp3) is 0.263. The molecular formula is C19H20O2S. The summed E-state index contributed by atoms with van der Waals surface area (Å²) in [5, 5.41) is 10.6. The Morgan fingerprint density at radius 3 is 2.27 bits per heavy atom. The zero-order valence-electron chi connectivity index (χ0n) is 13.3. The summed E-state index contributed by atoms with van der Waals surface area (Å²) in [6, 6.07) is 13.6. The number of thioether (sulfide) groups is 1. The third-order valence-electron chi connectivity index (χ3n) is 3.84. The lowest BCUT2D eigenvalue weighted by Crippen LogP contribution is -2.10. The van der Waals surface area contributed by atoms with Gasteiger partial charge in [0.1, 0.15) is 17.1 Å². The quantitative estimate of drug-likeness (QED) is 0.605. The lowest BCUT2D eigenvalue weighted by Gasteiger charge is -2.18. The monoisotopic (exact) mass is 312 g/mol. The van der Waals surface area contributed by atoms with Gasteiger partial charge in [0.25, 0.3) is 0 Å². The predicted octanol–water partition coefficient (Wildman–Crippen LogP) is 5.82. The Morgan fingerprint density at radius 2 is 1.68 bits per heavy atom. The Morgan fingerprint density at radius 1 is 1.00 bits per heavy atom. The molecule has 22 heavy (non-hydrogen) atoms. The van der Waals surface area contributed by atoms with Gasteiger partial charge < -0.3 is 9.52 Å². The fourth-order valence-electron chi connectivity index (χ4n) is 2.55. The van der Waals surface area contributed by atoms with E-state index in [1.807, 2.05) is 12.1 Å². The van der Waals surface area contributed by atoms with Gasteiger partial charge >= 0.3 is 0 Å². The highest BCUT2D eigenvalue weighted by Gasteiger charge is 2.19. The predicted molar refractivity (Wildman–Crippen MR) is 93.8 cm³/mol. The molecule has 1 aromatic heterocycles. The number of rotatable bonds is 2. The minimum atomic E-state index is 0.111. The van der Waals surface area contributed by atoms with E-state index >= 15 is 0 Å². The van der Waals surface area contributed by atoms with Crippen molar-refractivity contribution in [2.75, 3.05) is 6.26 Å². The number of hydrogen-bond donors (Lipinski definition) is 1. The summed E-state index contributed by atoms with van der Waals surface area (Å²) in [6.07, 6.45) is 2.07. The van der Waals surface area contributed by atoms with Crippen LogP contribution in [-0.2, 0) is 5.41 Å². The van der Waals surface area contributed by atoms with E-state index in [2.05, 4.69) is 45.2 Å². The van der Waals surface area contributed by atoms with Crippen LogP contribution in [0.25, 0.3) is 22.3 Å². The molecule has 0 saturated carbocycles. The second-order valence-corrected chi connectivity index (χ2v) is 7.29. The van der Waals surface area contributed by atoms with Crippen LogP contribution in [0.5, 0.6) is 5.75 Å². The van der Waals surface area contributed by atoms with Gasteiger partial charge in [-0.15, -0.1) is 11.8 Å². The molecule has 114 valence electrons. The Balaban J connectivity index is 2.22. The standard InChI is InChI=1S/C19H20O2S/c1-19(2,3)13-7-10-16-15(11-13)18(22-4)17(21-16)12-5-8-14(20)9-6-12/h5-11,20H,1-4H3. The highest BCUT2D eigenvalue weighted by atomic mass is 32.2. The third-order valence-corrected chi connectivity index (χ3v) is 4.66. The van der Waals surface area contributed by atoms with Crippen molar-refractivity contribution in [3.05, 3.63) is 48.0 Å². The molecule has 0 radical (unpaired) electrons. The Bertz CT molecular complexity index is 808. The van der Waals surface area contributed by atoms with Gasteiger partial charge in [-0.25, -0.2) is 0 Å². The van der Waals surface area contributed by atoms with Crippen LogP contribution >= 0.6 is 11.8 Å². The smallest absolute Gasteiger partial charge is 0.148 e. The molecule has 0 unspecified atom stereocenters. The van der Waals surface area contributed by atoms with Crippen molar-refractivity contribution < 1.29 is 9.52 Å². The summed E-state index contributed by atoms with van der Waals surface area (Å²) in [5.74, 6) is 1.13. The summed E-state index contributed by atoms with van der Waals surface area (Å²) in [6.45, 7) is 6.65. The zero-order chi connectivity index (χ0) is 15.9. The van der Waals surface area contributed by atoms with E-state index in [0.29, 0.717) is 0 Å². The topological polar surface area (TPSA) is 33.4 Å². The van der Waals surface area contributed by atoms with E-state index in [9.17, 15) is 5.11 Å². The molecule has 2 aromatic carbocycles. The van der Waals surface area contributed by atoms with Crippen LogP contribution in [0, 0.1) is 0 Å². The average molecular weight is 312 g/mol. The van der Waals surface area contributed by atoms with Gasteiger partial charge in [-0.1, -0.05) is 26.8 Å². The molecule has 0 saturated heterocycles. The van der Waals surface area contributed by atoms with Crippen molar-refractivity contribution >= 4 is 22.7 Å². The zero-order valence-corrected chi connectivity index (χ0v) is 14.1. The molecular weight excluding hydrogens is 292 g/mol. The Hall–Kier alpha value is -1.87. The van der Waals surface area contributed by atoms with Crippen molar-refractivity contribution in [2.24, 2.45) is 0 Å². The average Bonchev–Trinajstić information content (AvgIpc) is 2.84. The second kappa shape index (κ2) is 5.40. The Labute approximate surface area is 135 Å². The van der Waals surface area contributed by atoms with E-state index in [4.69, 9.17) is 4.42 Å². The lowest BCUT2D eigenvalue weighted by atomic mass is 9.86. The number of benzene rings is 2. The van der Waals surface area contributed by atoms with Gasteiger partial charge in [-0.3, -0.25) is 0 Å². The molecule has 3 aromatic rings. The van der Waals surface area contributed by atoms with Crippen LogP contribution in [0.2, 0.25) is 0 Å². The summed E-state index contributed by atoms with van der Waals surface area (Å²) in [5.41, 5.74) is 3.30. The molecule has 2 nitrogen and oxygen atoms in total. The normalized spacial score (nSPS) is 12.0. The van der Waals surface area contributed by atoms with Crippen molar-refractivity contribution in [1.82, 2.24) is 0 Å².